The van der Waals surface area contributed by atoms with Gasteiger partial charge in [-0.05, 0) is 35.9 Å². The number of hydrazine groups is 1. The Kier molecular flexibility index (Phi) is 10.7. The molecule has 2 atom stereocenters. The van der Waals surface area contributed by atoms with Crippen molar-refractivity contribution in [2.45, 2.75) is 31.0 Å². The fourth-order valence-electron chi connectivity index (χ4n) is 3.13. The Bertz CT molecular complexity index is 1280. The molecule has 0 spiro atoms. The van der Waals surface area contributed by atoms with Crippen molar-refractivity contribution in [3.8, 4) is 0 Å². The van der Waals surface area contributed by atoms with Crippen molar-refractivity contribution in [2.75, 3.05) is 6.54 Å². The normalized spacial score (nSPS) is 14.2. The van der Waals surface area contributed by atoms with Crippen molar-refractivity contribution >= 4 is 52.4 Å². The molecule has 0 aliphatic rings. The number of halogens is 13. The van der Waals surface area contributed by atoms with E-state index in [0.29, 0.717) is 12.1 Å². The fraction of sp³-hybridized carbons (Fsp3) is 0.273. The first kappa shape index (κ1) is 33.5. The molecule has 0 radical (unpaired) electrons. The lowest BCUT2D eigenvalue weighted by atomic mass is 9.95. The van der Waals surface area contributed by atoms with Crippen molar-refractivity contribution in [3.05, 3.63) is 73.7 Å². The predicted molar refractivity (Wildman–Crippen MR) is 125 cm³/mol. The summed E-state index contributed by atoms with van der Waals surface area (Å²) in [6, 6.07) is 2.36. The average molecular weight is 649 g/mol. The number of rotatable bonds is 8. The first-order valence-electron chi connectivity index (χ1n) is 10.3. The number of nitrogens with one attached hydrogen (secondary N) is 1. The smallest absolute Gasteiger partial charge is 0.320 e. The number of amides is 2. The van der Waals surface area contributed by atoms with Gasteiger partial charge in [0, 0.05) is 5.56 Å². The van der Waals surface area contributed by atoms with Gasteiger partial charge >= 0.3 is 12.4 Å². The van der Waals surface area contributed by atoms with E-state index in [-0.39, 0.29) is 22.2 Å². The quantitative estimate of drug-likeness (QED) is 0.0787. The Balaban J connectivity index is 2.48. The van der Waals surface area contributed by atoms with E-state index in [0.717, 1.165) is 17.4 Å². The third kappa shape index (κ3) is 8.38. The first-order chi connectivity index (χ1) is 18.2. The zero-order chi connectivity index (χ0) is 30.7. The molecular formula is C22H14Cl3F10N3O2. The molecule has 0 aliphatic heterocycles. The monoisotopic (exact) mass is 647 g/mol. The maximum atomic E-state index is 14.9. The number of hydrogen-bond donors (Lipinski definition) is 2. The molecule has 2 aromatic carbocycles. The summed E-state index contributed by atoms with van der Waals surface area (Å²) in [4.78, 5) is 24.0. The zero-order valence-electron chi connectivity index (χ0n) is 19.2. The van der Waals surface area contributed by atoms with Crippen LogP contribution in [0.25, 0.3) is 5.83 Å². The van der Waals surface area contributed by atoms with Gasteiger partial charge < -0.3 is 5.32 Å². The van der Waals surface area contributed by atoms with Crippen LogP contribution in [0, 0.1) is 0 Å². The molecular weight excluding hydrogens is 635 g/mol. The molecule has 2 unspecified atom stereocenters. The van der Waals surface area contributed by atoms with Gasteiger partial charge in [0.05, 0.1) is 26.2 Å². The third-order valence-electron chi connectivity index (χ3n) is 4.96. The number of alkyl halides is 9. The van der Waals surface area contributed by atoms with Gasteiger partial charge in [0.25, 0.3) is 12.3 Å². The highest BCUT2D eigenvalue weighted by Gasteiger charge is 2.41. The van der Waals surface area contributed by atoms with Crippen LogP contribution >= 0.6 is 34.8 Å². The second-order valence-corrected chi connectivity index (χ2v) is 9.02. The average Bonchev–Trinajstić information content (AvgIpc) is 2.83. The van der Waals surface area contributed by atoms with E-state index in [4.69, 9.17) is 40.6 Å². The van der Waals surface area contributed by atoms with E-state index in [1.165, 1.54) is 0 Å². The second-order valence-electron chi connectivity index (χ2n) is 7.83. The summed E-state index contributed by atoms with van der Waals surface area (Å²) < 4.78 is 134. The molecule has 0 heterocycles. The van der Waals surface area contributed by atoms with E-state index in [1.807, 2.05) is 0 Å². The molecule has 0 saturated carbocycles. The minimum absolute atomic E-state index is 0.0105. The van der Waals surface area contributed by atoms with Gasteiger partial charge in [0.1, 0.15) is 18.3 Å². The van der Waals surface area contributed by atoms with Crippen LogP contribution in [0.4, 0.5) is 43.9 Å². The van der Waals surface area contributed by atoms with E-state index < -0.39 is 87.5 Å². The maximum Gasteiger partial charge on any atom is 0.417 e. The molecule has 0 bridgehead atoms. The lowest BCUT2D eigenvalue weighted by Crippen LogP contribution is -2.48. The van der Waals surface area contributed by atoms with Crippen molar-refractivity contribution in [3.63, 3.8) is 0 Å². The molecule has 220 valence electrons. The lowest BCUT2D eigenvalue weighted by molar-refractivity contribution is -0.140. The largest absolute Gasteiger partial charge is 0.417 e. The van der Waals surface area contributed by atoms with Crippen molar-refractivity contribution in [2.24, 2.45) is 5.84 Å². The predicted octanol–water partition coefficient (Wildman–Crippen LogP) is 7.31. The van der Waals surface area contributed by atoms with Gasteiger partial charge in [0.2, 0.25) is 12.2 Å². The minimum Gasteiger partial charge on any atom is -0.320 e. The number of hydrogen-bond acceptors (Lipinski definition) is 3. The second kappa shape index (κ2) is 12.8. The number of allylic oxidation sites excluding steroid dienone is 1. The molecule has 2 aromatic rings. The van der Waals surface area contributed by atoms with E-state index >= 15 is 0 Å². The summed E-state index contributed by atoms with van der Waals surface area (Å²) in [5, 5.41) is -0.171. The number of nitrogens with two attached hydrogens (primary N) is 1. The Labute approximate surface area is 233 Å². The van der Waals surface area contributed by atoms with Gasteiger partial charge in [-0.1, -0.05) is 40.9 Å². The van der Waals surface area contributed by atoms with Gasteiger partial charge in [0.15, 0.2) is 0 Å². The molecule has 2 rings (SSSR count). The maximum absolute atomic E-state index is 14.9. The van der Waals surface area contributed by atoms with Gasteiger partial charge in [-0.15, -0.1) is 0 Å². The summed E-state index contributed by atoms with van der Waals surface area (Å²) in [5.41, 5.74) is -4.88. The molecule has 3 N–H and O–H groups in total. The van der Waals surface area contributed by atoms with Crippen LogP contribution in [0.3, 0.4) is 0 Å². The van der Waals surface area contributed by atoms with Crippen molar-refractivity contribution in [1.82, 2.24) is 10.3 Å². The van der Waals surface area contributed by atoms with Gasteiger partial charge in [-0.2, -0.15) is 26.3 Å². The van der Waals surface area contributed by atoms with Gasteiger partial charge in [-0.25, -0.2) is 23.4 Å². The summed E-state index contributed by atoms with van der Waals surface area (Å²) in [6.45, 7) is -1.36. The third-order valence-corrected chi connectivity index (χ3v) is 6.15. The highest BCUT2D eigenvalue weighted by Crippen LogP contribution is 2.43. The van der Waals surface area contributed by atoms with E-state index in [2.05, 4.69) is 0 Å². The molecule has 5 nitrogen and oxygen atoms in total. The zero-order valence-corrected chi connectivity index (χ0v) is 21.4. The molecule has 2 amide bonds. The number of benzene rings is 2. The number of nitrogens with zero attached hydrogens (tertiary/aromatic N) is 1. The molecule has 18 heteroatoms. The summed E-state index contributed by atoms with van der Waals surface area (Å²) >= 11 is 17.2. The summed E-state index contributed by atoms with van der Waals surface area (Å²) in [7, 11) is 0. The standard InChI is InChI=1S/C22H14Cl3F10N3O2/c23-13-4-9(5-14(24)17(13)25)11(21(30,31)32)6-15(26)8-1-2-10(12(3-8)22(33,34)35)20(40)38(36)7-16(39)37-19(29)18(27)28/h1-6,11,18-19H,7,36H2,(H,37,39). The SMILES string of the molecule is NN(CC(=O)NC(F)C(F)F)C(=O)c1ccc(C(F)=CC(c2cc(Cl)c(Cl)c(Cl)c2)C(F)(F)F)cc1C(F)(F)F. The number of carbonyl (C=O) groups excluding carboxylic acids is 2. The minimum atomic E-state index is -5.40. The topological polar surface area (TPSA) is 75.4 Å². The Hall–Kier alpha value is -2.75. The number of carbonyl (C=O) groups is 2. The van der Waals surface area contributed by atoms with Crippen LogP contribution in [0.2, 0.25) is 15.1 Å². The highest BCUT2D eigenvalue weighted by atomic mass is 35.5. The van der Waals surface area contributed by atoms with Crippen LogP contribution in [-0.2, 0) is 11.0 Å². The first-order valence-corrected chi connectivity index (χ1v) is 11.5. The van der Waals surface area contributed by atoms with Crippen molar-refractivity contribution in [1.29, 1.82) is 0 Å². The fourth-order valence-corrected chi connectivity index (χ4v) is 3.75. The van der Waals surface area contributed by atoms with Crippen LogP contribution in [0.1, 0.15) is 33.0 Å². The van der Waals surface area contributed by atoms with E-state index in [9.17, 15) is 53.5 Å². The molecule has 0 aromatic heterocycles. The molecule has 0 fully saturated rings. The molecule has 40 heavy (non-hydrogen) atoms. The van der Waals surface area contributed by atoms with Crippen LogP contribution in [-0.4, -0.2) is 42.3 Å². The lowest BCUT2D eigenvalue weighted by Gasteiger charge is -2.21. The highest BCUT2D eigenvalue weighted by molar-refractivity contribution is 6.48. The van der Waals surface area contributed by atoms with E-state index in [1.54, 1.807) is 0 Å². The molecule has 0 saturated heterocycles. The Morgan fingerprint density at radius 1 is 0.975 bits per heavy atom. The van der Waals surface area contributed by atoms with Crippen LogP contribution in [0.15, 0.2) is 36.4 Å². The summed E-state index contributed by atoms with van der Waals surface area (Å²) in [6.07, 6.45) is -17.4. The Morgan fingerprint density at radius 2 is 1.52 bits per heavy atom. The molecule has 0 aliphatic carbocycles. The van der Waals surface area contributed by atoms with Crippen molar-refractivity contribution < 1.29 is 53.5 Å². The van der Waals surface area contributed by atoms with Crippen LogP contribution in [0.5, 0.6) is 0 Å². The van der Waals surface area contributed by atoms with Crippen LogP contribution < -0.4 is 11.2 Å². The summed E-state index contributed by atoms with van der Waals surface area (Å²) in [5.74, 6) is -2.64. The van der Waals surface area contributed by atoms with Gasteiger partial charge in [-0.3, -0.25) is 14.6 Å². The Morgan fingerprint density at radius 3 is 2.00 bits per heavy atom.